The summed E-state index contributed by atoms with van der Waals surface area (Å²) in [6.07, 6.45) is 4.91. The molecule has 3 aromatic rings. The molecule has 0 aromatic carbocycles. The zero-order chi connectivity index (χ0) is 25.0. The minimum Gasteiger partial charge on any atom is -0.367 e. The van der Waals surface area contributed by atoms with Crippen LogP contribution in [0, 0.1) is 5.41 Å². The van der Waals surface area contributed by atoms with E-state index in [2.05, 4.69) is 72.3 Å². The molecule has 35 heavy (non-hydrogen) atoms. The number of carbonyl (C=O) groups excluding carboxylic acids is 1. The first-order valence-electron chi connectivity index (χ1n) is 12.1. The number of hydrogen-bond acceptors (Lipinski definition) is 8. The van der Waals surface area contributed by atoms with E-state index in [0.29, 0.717) is 6.04 Å². The second-order valence-electron chi connectivity index (χ2n) is 10.1. The quantitative estimate of drug-likeness (QED) is 0.383. The van der Waals surface area contributed by atoms with Crippen LogP contribution in [-0.2, 0) is 11.3 Å². The molecule has 0 unspecified atom stereocenters. The summed E-state index contributed by atoms with van der Waals surface area (Å²) in [5.41, 5.74) is 2.18. The normalized spacial score (nSPS) is 15.7. The number of likely N-dealkylation sites (tertiary alicyclic amines) is 1. The minimum atomic E-state index is -0.000532. The van der Waals surface area contributed by atoms with Crippen LogP contribution in [-0.4, -0.2) is 50.9 Å². The van der Waals surface area contributed by atoms with Crippen LogP contribution in [0.2, 0.25) is 0 Å². The van der Waals surface area contributed by atoms with Crippen LogP contribution in [0.3, 0.4) is 0 Å². The summed E-state index contributed by atoms with van der Waals surface area (Å²) < 4.78 is 0. The molecule has 9 heteroatoms. The molecule has 8 nitrogen and oxygen atoms in total. The molecule has 0 saturated carbocycles. The molecule has 1 fully saturated rings. The standard InChI is InChI=1S/C26H35N7OS/c1-6-23(34)33-12-9-19(10-13-33)29-21-14-18(16-28-17(2)26(3,4)5)15-22(31-21)32-25-30-20-8-7-11-27-24(20)35-25/h6-8,11,14-15,17,19,28H,1,9-10,12-13,16H2,2-5H3,(H2,29,30,31,32)/t17-/m0/s1. The first-order chi connectivity index (χ1) is 16.7. The van der Waals surface area contributed by atoms with Gasteiger partial charge in [-0.15, -0.1) is 0 Å². The highest BCUT2D eigenvalue weighted by molar-refractivity contribution is 7.21. The van der Waals surface area contributed by atoms with Crippen molar-refractivity contribution in [1.29, 1.82) is 0 Å². The Kier molecular flexibility index (Phi) is 7.66. The second kappa shape index (κ2) is 10.7. The van der Waals surface area contributed by atoms with Gasteiger partial charge < -0.3 is 20.9 Å². The Morgan fingerprint density at radius 1 is 1.26 bits per heavy atom. The minimum absolute atomic E-state index is 0.000532. The molecule has 3 N–H and O–H groups in total. The highest BCUT2D eigenvalue weighted by Crippen LogP contribution is 2.28. The first-order valence-corrected chi connectivity index (χ1v) is 12.9. The van der Waals surface area contributed by atoms with Gasteiger partial charge in [0.25, 0.3) is 0 Å². The van der Waals surface area contributed by atoms with Crippen molar-refractivity contribution in [2.24, 2.45) is 5.41 Å². The van der Waals surface area contributed by atoms with Crippen LogP contribution in [0.5, 0.6) is 0 Å². The molecule has 0 aliphatic carbocycles. The van der Waals surface area contributed by atoms with Crippen molar-refractivity contribution in [3.05, 3.63) is 48.7 Å². The third-order valence-electron chi connectivity index (χ3n) is 6.53. The number of fused-ring (bicyclic) bond motifs is 1. The molecule has 1 atom stereocenters. The van der Waals surface area contributed by atoms with Crippen LogP contribution in [0.1, 0.15) is 46.1 Å². The number of aromatic nitrogens is 3. The van der Waals surface area contributed by atoms with Crippen LogP contribution in [0.25, 0.3) is 10.3 Å². The topological polar surface area (TPSA) is 95.1 Å². The highest BCUT2D eigenvalue weighted by atomic mass is 32.1. The van der Waals surface area contributed by atoms with E-state index >= 15 is 0 Å². The Labute approximate surface area is 211 Å². The smallest absolute Gasteiger partial charge is 0.245 e. The largest absolute Gasteiger partial charge is 0.367 e. The number of carbonyl (C=O) groups is 1. The number of anilines is 3. The number of nitrogens with zero attached hydrogens (tertiary/aromatic N) is 4. The second-order valence-corrected chi connectivity index (χ2v) is 11.1. The molecule has 4 heterocycles. The van der Waals surface area contributed by atoms with Gasteiger partial charge >= 0.3 is 0 Å². The molecule has 186 valence electrons. The van der Waals surface area contributed by atoms with E-state index in [9.17, 15) is 4.79 Å². The van der Waals surface area contributed by atoms with Gasteiger partial charge in [-0.1, -0.05) is 38.7 Å². The number of pyridine rings is 2. The molecule has 0 radical (unpaired) electrons. The van der Waals surface area contributed by atoms with Gasteiger partial charge in [0.15, 0.2) is 5.13 Å². The lowest BCUT2D eigenvalue weighted by atomic mass is 9.88. The predicted octanol–water partition coefficient (Wildman–Crippen LogP) is 4.94. The molecule has 4 rings (SSSR count). The van der Waals surface area contributed by atoms with Crippen LogP contribution in [0.4, 0.5) is 16.8 Å². The number of piperidine rings is 1. The highest BCUT2D eigenvalue weighted by Gasteiger charge is 2.22. The summed E-state index contributed by atoms with van der Waals surface area (Å²) in [5.74, 6) is 1.57. The molecule has 1 aliphatic rings. The number of hydrogen-bond donors (Lipinski definition) is 3. The van der Waals surface area contributed by atoms with Gasteiger partial charge in [-0.2, -0.15) is 0 Å². The molecule has 1 amide bonds. The van der Waals surface area contributed by atoms with Gasteiger partial charge in [0.05, 0.1) is 0 Å². The van der Waals surface area contributed by atoms with Gasteiger partial charge in [0.1, 0.15) is 22.0 Å². The summed E-state index contributed by atoms with van der Waals surface area (Å²) in [7, 11) is 0. The van der Waals surface area contributed by atoms with Crippen molar-refractivity contribution in [3.8, 4) is 0 Å². The monoisotopic (exact) mass is 493 g/mol. The van der Waals surface area contributed by atoms with E-state index < -0.39 is 0 Å². The molecule has 0 bridgehead atoms. The summed E-state index contributed by atoms with van der Waals surface area (Å²) in [6.45, 7) is 14.7. The SMILES string of the molecule is C=CC(=O)N1CCC(Nc2cc(CN[C@@H](C)C(C)(C)C)cc(Nc3nc4cccnc4s3)n2)CC1. The van der Waals surface area contributed by atoms with E-state index in [1.165, 1.54) is 17.4 Å². The lowest BCUT2D eigenvalue weighted by Gasteiger charge is -2.32. The van der Waals surface area contributed by atoms with Crippen LogP contribution < -0.4 is 16.0 Å². The summed E-state index contributed by atoms with van der Waals surface area (Å²) in [5, 5.41) is 11.4. The van der Waals surface area contributed by atoms with Gasteiger partial charge in [-0.3, -0.25) is 4.79 Å². The van der Waals surface area contributed by atoms with E-state index in [4.69, 9.17) is 4.98 Å². The van der Waals surface area contributed by atoms with Crippen molar-refractivity contribution >= 4 is 44.4 Å². The zero-order valence-electron chi connectivity index (χ0n) is 21.0. The van der Waals surface area contributed by atoms with Gasteiger partial charge in [-0.25, -0.2) is 15.0 Å². The number of rotatable bonds is 8. The maximum atomic E-state index is 11.9. The van der Waals surface area contributed by atoms with E-state index in [-0.39, 0.29) is 17.4 Å². The van der Waals surface area contributed by atoms with E-state index in [1.54, 1.807) is 6.20 Å². The first kappa shape index (κ1) is 25.1. The Hall–Kier alpha value is -3.04. The van der Waals surface area contributed by atoms with E-state index in [1.807, 2.05) is 17.0 Å². The molecule has 3 aromatic heterocycles. The number of nitrogens with one attached hydrogen (secondary N) is 3. The Morgan fingerprint density at radius 3 is 2.69 bits per heavy atom. The fourth-order valence-corrected chi connectivity index (χ4v) is 4.73. The molecular weight excluding hydrogens is 458 g/mol. The molecule has 1 aliphatic heterocycles. The van der Waals surface area contributed by atoms with Crippen molar-refractivity contribution in [3.63, 3.8) is 0 Å². The molecule has 0 spiro atoms. The summed E-state index contributed by atoms with van der Waals surface area (Å²) >= 11 is 1.51. The Bertz CT molecular complexity index is 1140. The van der Waals surface area contributed by atoms with Crippen LogP contribution >= 0.6 is 11.3 Å². The maximum Gasteiger partial charge on any atom is 0.245 e. The lowest BCUT2D eigenvalue weighted by molar-refractivity contribution is -0.126. The Morgan fingerprint density at radius 2 is 2.00 bits per heavy atom. The van der Waals surface area contributed by atoms with E-state index in [0.717, 1.165) is 65.2 Å². The number of thiazole rings is 1. The van der Waals surface area contributed by atoms with Gasteiger partial charge in [0, 0.05) is 37.9 Å². The lowest BCUT2D eigenvalue weighted by Crippen LogP contribution is -2.41. The van der Waals surface area contributed by atoms with Gasteiger partial charge in [-0.05, 0) is 61.1 Å². The average molecular weight is 494 g/mol. The third kappa shape index (κ3) is 6.55. The zero-order valence-corrected chi connectivity index (χ0v) is 21.8. The third-order valence-corrected chi connectivity index (χ3v) is 7.43. The maximum absolute atomic E-state index is 11.9. The molecule has 1 saturated heterocycles. The molecular formula is C26H35N7OS. The van der Waals surface area contributed by atoms with Crippen molar-refractivity contribution in [1.82, 2.24) is 25.2 Å². The van der Waals surface area contributed by atoms with Crippen molar-refractivity contribution in [2.75, 3.05) is 23.7 Å². The number of amides is 1. The van der Waals surface area contributed by atoms with Crippen molar-refractivity contribution < 1.29 is 4.79 Å². The van der Waals surface area contributed by atoms with Crippen molar-refractivity contribution in [2.45, 2.75) is 59.2 Å². The predicted molar refractivity (Wildman–Crippen MR) is 144 cm³/mol. The fourth-order valence-electron chi connectivity index (χ4n) is 3.92. The average Bonchev–Trinajstić information content (AvgIpc) is 3.24. The Balaban J connectivity index is 1.51. The van der Waals surface area contributed by atoms with Gasteiger partial charge in [0.2, 0.25) is 5.91 Å². The van der Waals surface area contributed by atoms with Crippen LogP contribution in [0.15, 0.2) is 43.1 Å². The fraction of sp³-hybridized carbons (Fsp3) is 0.462. The summed E-state index contributed by atoms with van der Waals surface area (Å²) in [6, 6.07) is 8.64. The summed E-state index contributed by atoms with van der Waals surface area (Å²) in [4.78, 5) is 28.5.